The molecule has 0 saturated carbocycles. The van der Waals surface area contributed by atoms with Gasteiger partial charge in [-0.1, -0.05) is 0 Å². The summed E-state index contributed by atoms with van der Waals surface area (Å²) in [5.41, 5.74) is 0. The van der Waals surface area contributed by atoms with Gasteiger partial charge in [0.25, 0.3) is 0 Å². The number of furan rings is 1. The van der Waals surface area contributed by atoms with Crippen LogP contribution < -0.4 is 10.6 Å². The summed E-state index contributed by atoms with van der Waals surface area (Å²) in [4.78, 5) is 0. The fourth-order valence-corrected chi connectivity index (χ4v) is 1.62. The van der Waals surface area contributed by atoms with Crippen molar-refractivity contribution in [1.29, 1.82) is 0 Å². The molecule has 0 aliphatic rings. The summed E-state index contributed by atoms with van der Waals surface area (Å²) in [7, 11) is 1.67. The third kappa shape index (κ3) is 5.14. The van der Waals surface area contributed by atoms with Crippen molar-refractivity contribution in [2.24, 2.45) is 0 Å². The van der Waals surface area contributed by atoms with Crippen molar-refractivity contribution in [3.05, 3.63) is 24.2 Å². The summed E-state index contributed by atoms with van der Waals surface area (Å²) < 4.78 is 10.2. The Bertz CT molecular complexity index is 301. The lowest BCUT2D eigenvalue weighted by Crippen LogP contribution is -2.43. The molecule has 2 N–H and O–H groups in total. The predicted molar refractivity (Wildman–Crippen MR) is 67.5 cm³/mol. The quantitative estimate of drug-likeness (QED) is 0.737. The predicted octanol–water partition coefficient (Wildman–Crippen LogP) is 1.32. The van der Waals surface area contributed by atoms with E-state index < -0.39 is 0 Å². The van der Waals surface area contributed by atoms with Crippen LogP contribution in [0, 0.1) is 0 Å². The molecular formula is C11H18N2O2S. The van der Waals surface area contributed by atoms with Gasteiger partial charge in [0.05, 0.1) is 12.9 Å². The molecule has 1 atom stereocenters. The van der Waals surface area contributed by atoms with E-state index in [1.807, 2.05) is 19.1 Å². The van der Waals surface area contributed by atoms with Gasteiger partial charge in [0.2, 0.25) is 0 Å². The highest BCUT2D eigenvalue weighted by atomic mass is 32.1. The van der Waals surface area contributed by atoms with Gasteiger partial charge >= 0.3 is 0 Å². The van der Waals surface area contributed by atoms with Crippen LogP contribution in [0.15, 0.2) is 22.8 Å². The molecule has 1 unspecified atom stereocenters. The van der Waals surface area contributed by atoms with Crippen LogP contribution in [-0.4, -0.2) is 31.4 Å². The van der Waals surface area contributed by atoms with Crippen molar-refractivity contribution >= 4 is 17.3 Å². The van der Waals surface area contributed by atoms with Gasteiger partial charge in [-0.3, -0.25) is 0 Å². The maximum absolute atomic E-state index is 5.21. The van der Waals surface area contributed by atoms with Crippen LogP contribution in [0.4, 0.5) is 0 Å². The maximum Gasteiger partial charge on any atom is 0.166 e. The zero-order valence-corrected chi connectivity index (χ0v) is 10.5. The highest BCUT2D eigenvalue weighted by molar-refractivity contribution is 7.80. The normalized spacial score (nSPS) is 12.1. The van der Waals surface area contributed by atoms with Crippen LogP contribution in [-0.2, 0) is 11.2 Å². The molecule has 1 rings (SSSR count). The van der Waals surface area contributed by atoms with Gasteiger partial charge in [-0.2, -0.15) is 0 Å². The van der Waals surface area contributed by atoms with Gasteiger partial charge in [-0.25, -0.2) is 0 Å². The van der Waals surface area contributed by atoms with E-state index >= 15 is 0 Å². The molecule has 1 aromatic heterocycles. The van der Waals surface area contributed by atoms with E-state index in [4.69, 9.17) is 21.4 Å². The standard InChI is InChI=1S/C11H18N2O2S/c1-9(8-14-2)13-11(16)12-6-5-10-4-3-7-15-10/h3-4,7,9H,5-6,8H2,1-2H3,(H2,12,13,16). The molecule has 4 nitrogen and oxygen atoms in total. The monoisotopic (exact) mass is 242 g/mol. The number of hydrogen-bond donors (Lipinski definition) is 2. The molecule has 0 saturated heterocycles. The minimum atomic E-state index is 0.216. The molecule has 0 aromatic carbocycles. The Kier molecular flexibility index (Phi) is 5.88. The number of nitrogens with one attached hydrogen (secondary N) is 2. The second-order valence-corrected chi connectivity index (χ2v) is 3.99. The minimum absolute atomic E-state index is 0.216. The fourth-order valence-electron chi connectivity index (χ4n) is 1.32. The van der Waals surface area contributed by atoms with Crippen LogP contribution in [0.25, 0.3) is 0 Å². The summed E-state index contributed by atoms with van der Waals surface area (Å²) in [5, 5.41) is 6.89. The van der Waals surface area contributed by atoms with Crippen LogP contribution >= 0.6 is 12.2 Å². The average Bonchev–Trinajstić information content (AvgIpc) is 2.70. The van der Waals surface area contributed by atoms with Crippen LogP contribution in [0.5, 0.6) is 0 Å². The van der Waals surface area contributed by atoms with Crippen molar-refractivity contribution in [3.8, 4) is 0 Å². The van der Waals surface area contributed by atoms with Crippen molar-refractivity contribution in [2.75, 3.05) is 20.3 Å². The van der Waals surface area contributed by atoms with E-state index in [2.05, 4.69) is 10.6 Å². The molecule has 5 heteroatoms. The zero-order chi connectivity index (χ0) is 11.8. The van der Waals surface area contributed by atoms with Gasteiger partial charge in [0, 0.05) is 26.1 Å². The van der Waals surface area contributed by atoms with Gasteiger partial charge in [-0.05, 0) is 31.3 Å². The third-order valence-corrected chi connectivity index (χ3v) is 2.29. The third-order valence-electron chi connectivity index (χ3n) is 2.03. The number of methoxy groups -OCH3 is 1. The fraction of sp³-hybridized carbons (Fsp3) is 0.545. The Morgan fingerprint density at radius 2 is 2.44 bits per heavy atom. The van der Waals surface area contributed by atoms with Crippen molar-refractivity contribution < 1.29 is 9.15 Å². The largest absolute Gasteiger partial charge is 0.469 e. The van der Waals surface area contributed by atoms with E-state index in [9.17, 15) is 0 Å². The van der Waals surface area contributed by atoms with E-state index in [0.29, 0.717) is 11.7 Å². The molecule has 0 amide bonds. The molecule has 0 aliphatic carbocycles. The first-order chi connectivity index (χ1) is 7.72. The summed E-state index contributed by atoms with van der Waals surface area (Å²) in [5.74, 6) is 0.959. The lowest BCUT2D eigenvalue weighted by Gasteiger charge is -2.15. The first-order valence-corrected chi connectivity index (χ1v) is 5.69. The second kappa shape index (κ2) is 7.24. The highest BCUT2D eigenvalue weighted by Crippen LogP contribution is 1.99. The smallest absolute Gasteiger partial charge is 0.166 e. The van der Waals surface area contributed by atoms with Crippen molar-refractivity contribution in [1.82, 2.24) is 10.6 Å². The van der Waals surface area contributed by atoms with Crippen LogP contribution in [0.2, 0.25) is 0 Å². The van der Waals surface area contributed by atoms with Gasteiger partial charge in [0.15, 0.2) is 5.11 Å². The number of hydrogen-bond acceptors (Lipinski definition) is 3. The lowest BCUT2D eigenvalue weighted by atomic mass is 10.3. The molecule has 0 spiro atoms. The SMILES string of the molecule is COCC(C)NC(=S)NCCc1ccco1. The van der Waals surface area contributed by atoms with E-state index in [0.717, 1.165) is 18.7 Å². The maximum atomic E-state index is 5.21. The Morgan fingerprint density at radius 3 is 3.06 bits per heavy atom. The molecule has 0 bridgehead atoms. The Labute approximate surface area is 101 Å². The molecule has 1 aromatic rings. The Hall–Kier alpha value is -1.07. The molecule has 0 aliphatic heterocycles. The molecule has 16 heavy (non-hydrogen) atoms. The molecule has 90 valence electrons. The van der Waals surface area contributed by atoms with Crippen LogP contribution in [0.1, 0.15) is 12.7 Å². The molecular weight excluding hydrogens is 224 g/mol. The minimum Gasteiger partial charge on any atom is -0.469 e. The average molecular weight is 242 g/mol. The second-order valence-electron chi connectivity index (χ2n) is 3.59. The van der Waals surface area contributed by atoms with Gasteiger partial charge in [0.1, 0.15) is 5.76 Å². The zero-order valence-electron chi connectivity index (χ0n) is 9.66. The first kappa shape index (κ1) is 13.0. The molecule has 1 heterocycles. The van der Waals surface area contributed by atoms with E-state index in [-0.39, 0.29) is 6.04 Å². The number of thiocarbonyl (C=S) groups is 1. The molecule has 0 fully saturated rings. The summed E-state index contributed by atoms with van der Waals surface area (Å²) in [6, 6.07) is 4.05. The summed E-state index contributed by atoms with van der Waals surface area (Å²) in [6.45, 7) is 3.42. The van der Waals surface area contributed by atoms with E-state index in [1.165, 1.54) is 0 Å². The van der Waals surface area contributed by atoms with Crippen molar-refractivity contribution in [3.63, 3.8) is 0 Å². The first-order valence-electron chi connectivity index (χ1n) is 5.28. The number of rotatable bonds is 6. The Morgan fingerprint density at radius 1 is 1.62 bits per heavy atom. The lowest BCUT2D eigenvalue weighted by molar-refractivity contribution is 0.179. The molecule has 0 radical (unpaired) electrons. The van der Waals surface area contributed by atoms with Gasteiger partial charge < -0.3 is 19.8 Å². The van der Waals surface area contributed by atoms with Gasteiger partial charge in [-0.15, -0.1) is 0 Å². The van der Waals surface area contributed by atoms with E-state index in [1.54, 1.807) is 13.4 Å². The van der Waals surface area contributed by atoms with Crippen LogP contribution in [0.3, 0.4) is 0 Å². The van der Waals surface area contributed by atoms with Crippen molar-refractivity contribution in [2.45, 2.75) is 19.4 Å². The summed E-state index contributed by atoms with van der Waals surface area (Å²) in [6.07, 6.45) is 2.50. The number of ether oxygens (including phenoxy) is 1. The summed E-state index contributed by atoms with van der Waals surface area (Å²) >= 11 is 5.13. The topological polar surface area (TPSA) is 46.4 Å². The Balaban J connectivity index is 2.10. The highest BCUT2D eigenvalue weighted by Gasteiger charge is 2.03.